The third-order valence-electron chi connectivity index (χ3n) is 7.30. The molecule has 0 aromatic carbocycles. The van der Waals surface area contributed by atoms with E-state index in [9.17, 15) is 26.9 Å². The summed E-state index contributed by atoms with van der Waals surface area (Å²) in [6, 6.07) is 11.2. The molecular formula is C26H22F3N7O4S. The van der Waals surface area contributed by atoms with Crippen LogP contribution in [0.4, 0.5) is 19.0 Å². The van der Waals surface area contributed by atoms with E-state index in [4.69, 9.17) is 4.74 Å². The van der Waals surface area contributed by atoms with E-state index in [0.717, 1.165) is 54.2 Å². The molecule has 2 bridgehead atoms. The Morgan fingerprint density at radius 3 is 2.49 bits per heavy atom. The van der Waals surface area contributed by atoms with Gasteiger partial charge < -0.3 is 13.8 Å². The fraction of sp³-hybridized carbons (Fsp3) is 0.308. The minimum Gasteiger partial charge on any atom is -0.481 e. The SMILES string of the molecule is COc1ccc(CN2C3CC2CN(c2ccc(-c4cc(OS(=O)(=O)C(F)(F)F)cn5ncc(C#N)c45)cn2)C3)cn1. The zero-order chi connectivity index (χ0) is 28.9. The van der Waals surface area contributed by atoms with Gasteiger partial charge in [-0.3, -0.25) is 4.90 Å². The van der Waals surface area contributed by atoms with Gasteiger partial charge >= 0.3 is 15.6 Å². The van der Waals surface area contributed by atoms with E-state index in [1.54, 1.807) is 19.2 Å². The average Bonchev–Trinajstić information content (AvgIpc) is 3.38. The number of aromatic nitrogens is 4. The number of ether oxygens (including phenoxy) is 1. The molecule has 212 valence electrons. The van der Waals surface area contributed by atoms with Crippen LogP contribution in [0.3, 0.4) is 0 Å². The minimum atomic E-state index is -5.91. The largest absolute Gasteiger partial charge is 0.534 e. The maximum Gasteiger partial charge on any atom is 0.534 e. The summed E-state index contributed by atoms with van der Waals surface area (Å²) in [5.74, 6) is 0.692. The first kappa shape index (κ1) is 26.8. The lowest BCUT2D eigenvalue weighted by atomic mass is 9.87. The first-order chi connectivity index (χ1) is 19.6. The molecule has 0 saturated carbocycles. The molecule has 0 N–H and O–H groups in total. The summed E-state index contributed by atoms with van der Waals surface area (Å²) >= 11 is 0. The minimum absolute atomic E-state index is 0.151. The van der Waals surface area contributed by atoms with E-state index < -0.39 is 21.4 Å². The summed E-state index contributed by atoms with van der Waals surface area (Å²) < 4.78 is 72.6. The number of methoxy groups -OCH3 is 1. The Labute approximate surface area is 232 Å². The van der Waals surface area contributed by atoms with E-state index in [1.165, 1.54) is 12.4 Å². The lowest BCUT2D eigenvalue weighted by Crippen LogP contribution is -2.68. The number of piperidine rings is 1. The van der Waals surface area contributed by atoms with Crippen molar-refractivity contribution in [1.29, 1.82) is 5.26 Å². The Morgan fingerprint density at radius 2 is 1.88 bits per heavy atom. The predicted molar refractivity (Wildman–Crippen MR) is 139 cm³/mol. The fourth-order valence-corrected chi connectivity index (χ4v) is 5.76. The van der Waals surface area contributed by atoms with Gasteiger partial charge in [0, 0.05) is 61.3 Å². The van der Waals surface area contributed by atoms with Crippen LogP contribution in [0.2, 0.25) is 0 Å². The van der Waals surface area contributed by atoms with Gasteiger partial charge in [-0.1, -0.05) is 6.07 Å². The summed E-state index contributed by atoms with van der Waals surface area (Å²) in [7, 11) is -4.33. The maximum atomic E-state index is 12.9. The van der Waals surface area contributed by atoms with Gasteiger partial charge in [-0.2, -0.15) is 31.9 Å². The molecule has 3 saturated heterocycles. The number of nitriles is 1. The zero-order valence-corrected chi connectivity index (χ0v) is 22.3. The average molecular weight is 586 g/mol. The van der Waals surface area contributed by atoms with Crippen molar-refractivity contribution in [1.82, 2.24) is 24.5 Å². The number of nitrogens with zero attached hydrogens (tertiary/aromatic N) is 7. The number of hydrogen-bond acceptors (Lipinski definition) is 10. The normalized spacial score (nSPS) is 19.0. The molecule has 4 aromatic rings. The molecule has 7 heterocycles. The van der Waals surface area contributed by atoms with Gasteiger partial charge in [0.1, 0.15) is 11.9 Å². The highest BCUT2D eigenvalue weighted by atomic mass is 32.2. The van der Waals surface area contributed by atoms with E-state index in [-0.39, 0.29) is 16.6 Å². The highest BCUT2D eigenvalue weighted by Crippen LogP contribution is 2.37. The first-order valence-electron chi connectivity index (χ1n) is 12.4. The van der Waals surface area contributed by atoms with Gasteiger partial charge in [-0.25, -0.2) is 14.5 Å². The zero-order valence-electron chi connectivity index (χ0n) is 21.5. The predicted octanol–water partition coefficient (Wildman–Crippen LogP) is 3.36. The molecule has 0 amide bonds. The van der Waals surface area contributed by atoms with E-state index >= 15 is 0 Å². The lowest BCUT2D eigenvalue weighted by Gasteiger charge is -2.56. The Hall–Kier alpha value is -4.42. The van der Waals surface area contributed by atoms with Crippen molar-refractivity contribution in [2.24, 2.45) is 0 Å². The van der Waals surface area contributed by atoms with Crippen LogP contribution in [0.15, 0.2) is 55.1 Å². The number of rotatable bonds is 7. The molecule has 11 nitrogen and oxygen atoms in total. The first-order valence-corrected chi connectivity index (χ1v) is 13.9. The van der Waals surface area contributed by atoms with Gasteiger partial charge in [0.05, 0.1) is 30.6 Å². The van der Waals surface area contributed by atoms with Crippen LogP contribution in [-0.2, 0) is 16.7 Å². The quantitative estimate of drug-likeness (QED) is 0.235. The Balaban J connectivity index is 1.22. The molecule has 41 heavy (non-hydrogen) atoms. The van der Waals surface area contributed by atoms with Crippen molar-refractivity contribution in [3.05, 3.63) is 66.2 Å². The van der Waals surface area contributed by atoms with Crippen molar-refractivity contribution < 1.29 is 30.5 Å². The number of hydrogen-bond donors (Lipinski definition) is 0. The summed E-state index contributed by atoms with van der Waals surface area (Å²) in [6.07, 6.45) is 6.64. The maximum absolute atomic E-state index is 12.9. The highest BCUT2D eigenvalue weighted by Gasteiger charge is 2.49. The van der Waals surface area contributed by atoms with Crippen LogP contribution in [0.5, 0.6) is 11.6 Å². The molecule has 0 aliphatic carbocycles. The van der Waals surface area contributed by atoms with Crippen LogP contribution in [-0.4, -0.2) is 70.7 Å². The molecule has 0 spiro atoms. The Bertz CT molecular complexity index is 1740. The Morgan fingerprint density at radius 1 is 1.10 bits per heavy atom. The van der Waals surface area contributed by atoms with Gasteiger partial charge in [0.15, 0.2) is 5.75 Å². The van der Waals surface area contributed by atoms with Crippen LogP contribution >= 0.6 is 0 Å². The second kappa shape index (κ2) is 9.89. The number of halogens is 3. The molecule has 3 aliphatic rings. The van der Waals surface area contributed by atoms with E-state index in [0.29, 0.717) is 23.5 Å². The molecule has 3 fully saturated rings. The molecular weight excluding hydrogens is 563 g/mol. The monoisotopic (exact) mass is 585 g/mol. The molecule has 0 radical (unpaired) electrons. The van der Waals surface area contributed by atoms with E-state index in [1.807, 2.05) is 24.4 Å². The molecule has 2 unspecified atom stereocenters. The number of fused-ring (bicyclic) bond motifs is 3. The summed E-state index contributed by atoms with van der Waals surface area (Å²) in [5, 5.41) is 13.5. The van der Waals surface area contributed by atoms with Crippen molar-refractivity contribution in [3.8, 4) is 28.8 Å². The molecule has 3 aliphatic heterocycles. The van der Waals surface area contributed by atoms with Crippen molar-refractivity contribution in [3.63, 3.8) is 0 Å². The van der Waals surface area contributed by atoms with Gasteiger partial charge in [0.25, 0.3) is 0 Å². The van der Waals surface area contributed by atoms with Crippen molar-refractivity contribution in [2.45, 2.75) is 30.6 Å². The molecule has 15 heteroatoms. The lowest BCUT2D eigenvalue weighted by molar-refractivity contribution is -0.0500. The van der Waals surface area contributed by atoms with Crippen LogP contribution in [0, 0.1) is 11.3 Å². The third kappa shape index (κ3) is 4.89. The highest BCUT2D eigenvalue weighted by molar-refractivity contribution is 7.88. The molecule has 4 aromatic heterocycles. The van der Waals surface area contributed by atoms with Gasteiger partial charge in [0.2, 0.25) is 5.88 Å². The smallest absolute Gasteiger partial charge is 0.481 e. The summed E-state index contributed by atoms with van der Waals surface area (Å²) in [5.41, 5.74) is -3.38. The van der Waals surface area contributed by atoms with Crippen molar-refractivity contribution in [2.75, 3.05) is 25.1 Å². The summed E-state index contributed by atoms with van der Waals surface area (Å²) in [6.45, 7) is 2.34. The van der Waals surface area contributed by atoms with Crippen LogP contribution in [0.25, 0.3) is 16.6 Å². The van der Waals surface area contributed by atoms with Gasteiger partial charge in [-0.05, 0) is 30.2 Å². The number of piperazine rings is 1. The number of alkyl halides is 3. The fourth-order valence-electron chi connectivity index (χ4n) is 5.32. The van der Waals surface area contributed by atoms with Crippen LogP contribution < -0.4 is 13.8 Å². The topological polar surface area (TPSA) is 126 Å². The Kier molecular flexibility index (Phi) is 6.46. The third-order valence-corrected chi connectivity index (χ3v) is 8.27. The van der Waals surface area contributed by atoms with Gasteiger partial charge in [-0.15, -0.1) is 0 Å². The van der Waals surface area contributed by atoms with Crippen molar-refractivity contribution >= 4 is 21.5 Å². The molecule has 7 rings (SSSR count). The standard InChI is InChI=1S/C26H22F3N7O4S/c1-39-24-5-2-16(9-32-24)12-35-19-6-20(35)14-34(13-19)23-4-3-17(10-31-23)22-7-21(40-41(37,38)26(27,28)29)15-36-25(22)18(8-30)11-33-36/h2-5,7,9-11,15,19-20H,6,12-14H2,1H3. The van der Waals surface area contributed by atoms with E-state index in [2.05, 4.69) is 29.0 Å². The second-order valence-corrected chi connectivity index (χ2v) is 11.3. The number of anilines is 1. The van der Waals surface area contributed by atoms with Crippen LogP contribution in [0.1, 0.15) is 17.5 Å². The molecule has 2 atom stereocenters. The number of pyridine rings is 3. The second-order valence-electron chi connectivity index (χ2n) is 9.77. The summed E-state index contributed by atoms with van der Waals surface area (Å²) in [4.78, 5) is 13.5.